The van der Waals surface area contributed by atoms with Crippen molar-refractivity contribution >= 4 is 34.8 Å². The number of anilines is 1. The number of rotatable bonds is 3. The van der Waals surface area contributed by atoms with Crippen molar-refractivity contribution < 1.29 is 14.5 Å². The number of hydrogen-bond acceptors (Lipinski definition) is 6. The molecule has 5 rings (SSSR count). The zero-order chi connectivity index (χ0) is 20.3. The highest BCUT2D eigenvalue weighted by molar-refractivity contribution is 6.30. The molecule has 2 amide bonds. The van der Waals surface area contributed by atoms with Crippen molar-refractivity contribution in [2.24, 2.45) is 5.92 Å². The second-order valence-electron chi connectivity index (χ2n) is 7.44. The number of fused-ring (bicyclic) bond motifs is 3. The van der Waals surface area contributed by atoms with Gasteiger partial charge in [-0.1, -0.05) is 29.8 Å². The average molecular weight is 413 g/mol. The largest absolute Gasteiger partial charge is 0.274 e. The van der Waals surface area contributed by atoms with E-state index in [0.29, 0.717) is 11.6 Å². The SMILES string of the molecule is O=C1[C@@H]2[C@H](C(=O)N1c1cccc([N+](=O)[O-])c1)N1CCCN1[C@H]2c1ccc(Cl)cc1. The summed E-state index contributed by atoms with van der Waals surface area (Å²) >= 11 is 6.03. The van der Waals surface area contributed by atoms with Crippen LogP contribution in [-0.4, -0.2) is 45.9 Å². The maximum absolute atomic E-state index is 13.4. The minimum Gasteiger partial charge on any atom is -0.274 e. The lowest BCUT2D eigenvalue weighted by Gasteiger charge is -2.29. The minimum atomic E-state index is -0.593. The van der Waals surface area contributed by atoms with Crippen LogP contribution in [-0.2, 0) is 9.59 Å². The van der Waals surface area contributed by atoms with E-state index < -0.39 is 16.9 Å². The Balaban J connectivity index is 1.57. The van der Waals surface area contributed by atoms with Crippen LogP contribution in [0.3, 0.4) is 0 Å². The van der Waals surface area contributed by atoms with Gasteiger partial charge in [0.25, 0.3) is 11.6 Å². The summed E-state index contributed by atoms with van der Waals surface area (Å²) in [6, 6.07) is 12.1. The summed E-state index contributed by atoms with van der Waals surface area (Å²) < 4.78 is 0. The summed E-state index contributed by atoms with van der Waals surface area (Å²) in [5.41, 5.74) is 1.01. The summed E-state index contributed by atoms with van der Waals surface area (Å²) in [4.78, 5) is 38.4. The third-order valence-corrected chi connectivity index (χ3v) is 6.17. The van der Waals surface area contributed by atoms with Gasteiger partial charge in [0.2, 0.25) is 5.91 Å². The second-order valence-corrected chi connectivity index (χ2v) is 7.87. The first-order chi connectivity index (χ1) is 14.0. The summed E-state index contributed by atoms with van der Waals surface area (Å²) in [5, 5.41) is 15.8. The number of imide groups is 1. The highest BCUT2D eigenvalue weighted by Gasteiger charge is 2.62. The molecule has 0 aromatic heterocycles. The van der Waals surface area contributed by atoms with E-state index in [2.05, 4.69) is 5.01 Å². The molecular formula is C20H17ClN4O4. The van der Waals surface area contributed by atoms with Gasteiger partial charge in [-0.05, 0) is 30.2 Å². The van der Waals surface area contributed by atoms with E-state index >= 15 is 0 Å². The Morgan fingerprint density at radius 3 is 2.34 bits per heavy atom. The first-order valence-corrected chi connectivity index (χ1v) is 9.76. The number of nitrogens with zero attached hydrogens (tertiary/aromatic N) is 4. The Kier molecular flexibility index (Phi) is 4.16. The van der Waals surface area contributed by atoms with Crippen molar-refractivity contribution in [1.29, 1.82) is 0 Å². The second kappa shape index (κ2) is 6.62. The Bertz CT molecular complexity index is 1030. The number of benzene rings is 2. The molecule has 0 spiro atoms. The van der Waals surface area contributed by atoms with Crippen molar-refractivity contribution in [2.45, 2.75) is 18.5 Å². The number of hydrazine groups is 1. The summed E-state index contributed by atoms with van der Waals surface area (Å²) in [6.07, 6.45) is 0.908. The number of non-ortho nitro benzene ring substituents is 1. The lowest BCUT2D eigenvalue weighted by atomic mass is 9.90. The van der Waals surface area contributed by atoms with Gasteiger partial charge < -0.3 is 0 Å². The van der Waals surface area contributed by atoms with E-state index in [1.165, 1.54) is 18.2 Å². The molecule has 3 atom stereocenters. The minimum absolute atomic E-state index is 0.155. The number of amides is 2. The monoisotopic (exact) mass is 412 g/mol. The van der Waals surface area contributed by atoms with Crippen LogP contribution in [0.15, 0.2) is 48.5 Å². The van der Waals surface area contributed by atoms with Gasteiger partial charge in [0, 0.05) is 30.2 Å². The van der Waals surface area contributed by atoms with Crippen LogP contribution in [0.2, 0.25) is 5.02 Å². The van der Waals surface area contributed by atoms with Gasteiger partial charge in [0.05, 0.1) is 22.6 Å². The van der Waals surface area contributed by atoms with Crippen molar-refractivity contribution in [2.75, 3.05) is 18.0 Å². The molecule has 0 bridgehead atoms. The normalized spacial score (nSPS) is 26.8. The lowest BCUT2D eigenvalue weighted by Crippen LogP contribution is -2.44. The Morgan fingerprint density at radius 2 is 1.66 bits per heavy atom. The highest BCUT2D eigenvalue weighted by Crippen LogP contribution is 2.49. The molecule has 3 fully saturated rings. The van der Waals surface area contributed by atoms with Gasteiger partial charge in [-0.3, -0.25) is 19.7 Å². The maximum Gasteiger partial charge on any atom is 0.271 e. The van der Waals surface area contributed by atoms with Gasteiger partial charge in [0.15, 0.2) is 0 Å². The summed E-state index contributed by atoms with van der Waals surface area (Å²) in [6.45, 7) is 1.48. The molecule has 9 heteroatoms. The first kappa shape index (κ1) is 18.2. The fourth-order valence-corrected chi connectivity index (χ4v) is 4.90. The number of hydrogen-bond donors (Lipinski definition) is 0. The molecule has 0 N–H and O–H groups in total. The molecule has 3 saturated heterocycles. The molecule has 0 radical (unpaired) electrons. The topological polar surface area (TPSA) is 87.0 Å². The zero-order valence-electron chi connectivity index (χ0n) is 15.3. The molecular weight excluding hydrogens is 396 g/mol. The molecule has 29 heavy (non-hydrogen) atoms. The smallest absolute Gasteiger partial charge is 0.271 e. The van der Waals surface area contributed by atoms with E-state index in [0.717, 1.165) is 23.4 Å². The Labute approximate surface area is 171 Å². The van der Waals surface area contributed by atoms with E-state index in [4.69, 9.17) is 11.6 Å². The van der Waals surface area contributed by atoms with Gasteiger partial charge >= 0.3 is 0 Å². The molecule has 8 nitrogen and oxygen atoms in total. The van der Waals surface area contributed by atoms with Crippen LogP contribution in [0.4, 0.5) is 11.4 Å². The fraction of sp³-hybridized carbons (Fsp3) is 0.300. The van der Waals surface area contributed by atoms with Gasteiger partial charge in [0.1, 0.15) is 6.04 Å². The van der Waals surface area contributed by atoms with Crippen LogP contribution < -0.4 is 4.90 Å². The van der Waals surface area contributed by atoms with Crippen molar-refractivity contribution in [3.63, 3.8) is 0 Å². The number of halogens is 1. The molecule has 3 heterocycles. The Morgan fingerprint density at radius 1 is 0.966 bits per heavy atom. The number of nitro benzene ring substituents is 1. The van der Waals surface area contributed by atoms with Crippen LogP contribution in [0.1, 0.15) is 18.0 Å². The first-order valence-electron chi connectivity index (χ1n) is 9.38. The molecule has 2 aromatic rings. The standard InChI is InChI=1S/C20H17ClN4O4/c21-13-7-5-12(6-8-13)17-16-18(23-10-2-9-22(17)23)20(27)24(19(16)26)14-3-1-4-15(11-14)25(28)29/h1,3-8,11,16-18H,2,9-10H2/t16-,17-,18+/m0/s1. The van der Waals surface area contributed by atoms with Gasteiger partial charge in [-0.2, -0.15) is 0 Å². The summed E-state index contributed by atoms with van der Waals surface area (Å²) in [7, 11) is 0. The number of carbonyl (C=O) groups is 2. The molecule has 0 unspecified atom stereocenters. The van der Waals surface area contributed by atoms with Crippen molar-refractivity contribution in [3.05, 3.63) is 69.2 Å². The van der Waals surface area contributed by atoms with Crippen LogP contribution in [0.25, 0.3) is 0 Å². The summed E-state index contributed by atoms with van der Waals surface area (Å²) in [5.74, 6) is -1.22. The predicted octanol–water partition coefficient (Wildman–Crippen LogP) is 2.78. The average Bonchev–Trinajstić information content (AvgIpc) is 3.35. The van der Waals surface area contributed by atoms with Crippen LogP contribution in [0.5, 0.6) is 0 Å². The van der Waals surface area contributed by atoms with E-state index in [-0.39, 0.29) is 29.2 Å². The van der Waals surface area contributed by atoms with E-state index in [9.17, 15) is 19.7 Å². The molecule has 3 aliphatic heterocycles. The fourth-order valence-electron chi connectivity index (χ4n) is 4.77. The highest BCUT2D eigenvalue weighted by atomic mass is 35.5. The van der Waals surface area contributed by atoms with Crippen LogP contribution >= 0.6 is 11.6 Å². The number of nitro groups is 1. The number of carbonyl (C=O) groups excluding carboxylic acids is 2. The predicted molar refractivity (Wildman–Crippen MR) is 105 cm³/mol. The van der Waals surface area contributed by atoms with Gasteiger partial charge in [-0.15, -0.1) is 0 Å². The molecule has 0 aliphatic carbocycles. The molecule has 148 valence electrons. The third-order valence-electron chi connectivity index (χ3n) is 5.92. The quantitative estimate of drug-likeness (QED) is 0.437. The van der Waals surface area contributed by atoms with E-state index in [1.54, 1.807) is 18.2 Å². The lowest BCUT2D eigenvalue weighted by molar-refractivity contribution is -0.384. The molecule has 2 aromatic carbocycles. The van der Waals surface area contributed by atoms with E-state index in [1.807, 2.05) is 17.1 Å². The van der Waals surface area contributed by atoms with Crippen molar-refractivity contribution in [1.82, 2.24) is 10.0 Å². The molecule has 3 aliphatic rings. The maximum atomic E-state index is 13.4. The van der Waals surface area contributed by atoms with Gasteiger partial charge in [-0.25, -0.2) is 14.9 Å². The Hall–Kier alpha value is -2.81. The molecule has 0 saturated carbocycles. The zero-order valence-corrected chi connectivity index (χ0v) is 16.0. The van der Waals surface area contributed by atoms with Crippen molar-refractivity contribution in [3.8, 4) is 0 Å². The third kappa shape index (κ3) is 2.67. The van der Waals surface area contributed by atoms with Crippen LogP contribution in [0, 0.1) is 16.0 Å².